The number of halogens is 1. The van der Waals surface area contributed by atoms with Gasteiger partial charge < -0.3 is 10.2 Å². The van der Waals surface area contributed by atoms with Gasteiger partial charge in [0.25, 0.3) is 0 Å². The van der Waals surface area contributed by atoms with Gasteiger partial charge in [0.2, 0.25) is 0 Å². The molecular weight excluding hydrogens is 428 g/mol. The van der Waals surface area contributed by atoms with Crippen molar-refractivity contribution in [2.45, 2.75) is 72.0 Å². The van der Waals surface area contributed by atoms with Crippen LogP contribution in [-0.4, -0.2) is 28.2 Å². The largest absolute Gasteiger partial charge is 0.393 e. The van der Waals surface area contributed by atoms with Crippen molar-refractivity contribution in [3.63, 3.8) is 0 Å². The van der Waals surface area contributed by atoms with Crippen molar-refractivity contribution in [2.75, 3.05) is 0 Å². The van der Waals surface area contributed by atoms with E-state index in [1.165, 1.54) is 0 Å². The molecule has 0 aliphatic carbocycles. The summed E-state index contributed by atoms with van der Waals surface area (Å²) in [6.45, 7) is 7.34. The molecule has 0 saturated heterocycles. The molecule has 2 N–H and O–H groups in total. The number of carbonyl (C=O) groups excluding carboxylic acids is 1. The minimum absolute atomic E-state index is 0.0997. The van der Waals surface area contributed by atoms with Crippen LogP contribution in [0.25, 0.3) is 6.08 Å². The van der Waals surface area contributed by atoms with Crippen LogP contribution >= 0.6 is 22.9 Å². The minimum Gasteiger partial charge on any atom is -0.393 e. The lowest BCUT2D eigenvalue weighted by atomic mass is 9.82. The van der Waals surface area contributed by atoms with E-state index in [2.05, 4.69) is 13.0 Å². The number of thiophene rings is 1. The van der Waals surface area contributed by atoms with Crippen LogP contribution in [0.15, 0.2) is 47.9 Å². The molecule has 31 heavy (non-hydrogen) atoms. The van der Waals surface area contributed by atoms with Crippen molar-refractivity contribution in [2.24, 2.45) is 11.8 Å². The van der Waals surface area contributed by atoms with E-state index in [4.69, 9.17) is 11.6 Å². The molecule has 3 nitrogen and oxygen atoms in total. The maximum Gasteiger partial charge on any atom is 0.133 e. The highest BCUT2D eigenvalue weighted by molar-refractivity contribution is 7.10. The Bertz CT molecular complexity index is 774. The van der Waals surface area contributed by atoms with Crippen LogP contribution < -0.4 is 0 Å². The normalized spacial score (nSPS) is 16.6. The fraction of sp³-hybridized carbons (Fsp3) is 0.500. The Morgan fingerprint density at radius 1 is 1.23 bits per heavy atom. The molecule has 0 aliphatic rings. The second-order valence-electron chi connectivity index (χ2n) is 7.89. The summed E-state index contributed by atoms with van der Waals surface area (Å²) in [5, 5.41) is 23.1. The van der Waals surface area contributed by atoms with Gasteiger partial charge in [-0.2, -0.15) is 0 Å². The molecule has 0 bridgehead atoms. The van der Waals surface area contributed by atoms with Gasteiger partial charge in [-0.05, 0) is 64.2 Å². The number of aliphatic hydroxyl groups excluding tert-OH is 2. The first-order valence-corrected chi connectivity index (χ1v) is 12.3. The number of aryl methyl sites for hydroxylation is 1. The van der Waals surface area contributed by atoms with Gasteiger partial charge in [-0.15, -0.1) is 11.3 Å². The topological polar surface area (TPSA) is 57.5 Å². The maximum atomic E-state index is 12.1. The Labute approximate surface area is 196 Å². The molecule has 0 fully saturated rings. The molecule has 172 valence electrons. The molecule has 1 aromatic heterocycles. The average molecular weight is 465 g/mol. The van der Waals surface area contributed by atoms with Crippen LogP contribution in [-0.2, 0) is 11.2 Å². The van der Waals surface area contributed by atoms with Gasteiger partial charge in [0.15, 0.2) is 0 Å². The van der Waals surface area contributed by atoms with Crippen molar-refractivity contribution in [1.82, 2.24) is 0 Å². The van der Waals surface area contributed by atoms with E-state index in [1.807, 2.05) is 48.8 Å². The molecule has 0 saturated carbocycles. The van der Waals surface area contributed by atoms with Gasteiger partial charge in [-0.1, -0.05) is 67.1 Å². The fourth-order valence-corrected chi connectivity index (χ4v) is 4.73. The number of hydrogen-bond acceptors (Lipinski definition) is 4. The third-order valence-electron chi connectivity index (χ3n) is 5.11. The predicted octanol–water partition coefficient (Wildman–Crippen LogP) is 6.79. The van der Waals surface area contributed by atoms with Crippen molar-refractivity contribution in [3.8, 4) is 0 Å². The van der Waals surface area contributed by atoms with Gasteiger partial charge >= 0.3 is 0 Å². The Balaban J connectivity index is 2.76. The zero-order valence-electron chi connectivity index (χ0n) is 19.1. The van der Waals surface area contributed by atoms with Crippen molar-refractivity contribution in [3.05, 3.63) is 63.4 Å². The molecule has 4 atom stereocenters. The molecule has 0 radical (unpaired) electrons. The lowest BCUT2D eigenvalue weighted by Gasteiger charge is -2.23. The Morgan fingerprint density at radius 2 is 1.97 bits per heavy atom. The van der Waals surface area contributed by atoms with Crippen LogP contribution in [0.3, 0.4) is 0 Å². The van der Waals surface area contributed by atoms with E-state index in [1.54, 1.807) is 31.3 Å². The van der Waals surface area contributed by atoms with Gasteiger partial charge in [-0.25, -0.2) is 0 Å². The molecule has 1 aromatic rings. The Hall–Kier alpha value is -1.46. The number of ketones is 1. The van der Waals surface area contributed by atoms with Crippen LogP contribution in [0, 0.1) is 11.8 Å². The average Bonchev–Trinajstić information content (AvgIpc) is 3.06. The van der Waals surface area contributed by atoms with Crippen LogP contribution in [0.1, 0.15) is 63.8 Å². The molecule has 2 unspecified atom stereocenters. The van der Waals surface area contributed by atoms with Gasteiger partial charge in [0.1, 0.15) is 5.78 Å². The van der Waals surface area contributed by atoms with Crippen molar-refractivity contribution < 1.29 is 15.0 Å². The molecule has 1 heterocycles. The summed E-state index contributed by atoms with van der Waals surface area (Å²) in [6.07, 6.45) is 17.9. The first-order valence-electron chi connectivity index (χ1n) is 11.0. The van der Waals surface area contributed by atoms with Gasteiger partial charge in [0.05, 0.1) is 17.2 Å². The highest BCUT2D eigenvalue weighted by atomic mass is 35.5. The number of Topliss-reactive ketones (excluding diaryl/α,β-unsaturated/α-hetero) is 1. The summed E-state index contributed by atoms with van der Waals surface area (Å²) in [4.78, 5) is 13.2. The number of carbonyl (C=O) groups is 1. The molecule has 0 spiro atoms. The maximum absolute atomic E-state index is 12.1. The van der Waals surface area contributed by atoms with E-state index in [0.29, 0.717) is 25.7 Å². The summed E-state index contributed by atoms with van der Waals surface area (Å²) >= 11 is 8.10. The number of rotatable bonds is 14. The Morgan fingerprint density at radius 3 is 2.58 bits per heavy atom. The zero-order valence-corrected chi connectivity index (χ0v) is 20.7. The van der Waals surface area contributed by atoms with Crippen molar-refractivity contribution in [1.29, 1.82) is 0 Å². The summed E-state index contributed by atoms with van der Waals surface area (Å²) in [7, 11) is 0. The van der Waals surface area contributed by atoms with E-state index in [9.17, 15) is 15.0 Å². The molecule has 0 amide bonds. The van der Waals surface area contributed by atoms with E-state index < -0.39 is 12.2 Å². The summed E-state index contributed by atoms with van der Waals surface area (Å²) in [6, 6.07) is 0. The first-order chi connectivity index (χ1) is 14.8. The molecule has 5 heteroatoms. The van der Waals surface area contributed by atoms with Crippen molar-refractivity contribution >= 4 is 34.8 Å². The standard InChI is InChI=1S/C26H37ClO3S/c1-5-7-9-10-11-22-18-31-25(26(22)27)16-15-23(30)14-13-21(17-19(3)28)24(20(4)29)12-8-6-2/h6-11,13-14,18-19,21,23-24,28,30H,5,12,15-17H2,1-4H3/b8-6-,9-7-,11-10-,14-13+/t19?,21-,23?,24-/m0/s1. The number of aliphatic hydroxyl groups is 2. The van der Waals surface area contributed by atoms with E-state index in [-0.39, 0.29) is 17.6 Å². The van der Waals surface area contributed by atoms with E-state index >= 15 is 0 Å². The van der Waals surface area contributed by atoms with Gasteiger partial charge in [-0.3, -0.25) is 4.79 Å². The summed E-state index contributed by atoms with van der Waals surface area (Å²) in [5.74, 6) is -0.207. The number of hydrogen-bond donors (Lipinski definition) is 2. The highest BCUT2D eigenvalue weighted by Crippen LogP contribution is 2.31. The van der Waals surface area contributed by atoms with E-state index in [0.717, 1.165) is 21.9 Å². The quantitative estimate of drug-likeness (QED) is 0.235. The summed E-state index contributed by atoms with van der Waals surface area (Å²) in [5.41, 5.74) is 0.998. The zero-order chi connectivity index (χ0) is 23.2. The van der Waals surface area contributed by atoms with Crippen LogP contribution in [0.4, 0.5) is 0 Å². The van der Waals surface area contributed by atoms with Gasteiger partial charge in [0, 0.05) is 16.4 Å². The molecular formula is C26H37ClO3S. The number of allylic oxidation sites excluding steroid dienone is 6. The second kappa shape index (κ2) is 15.4. The highest BCUT2D eigenvalue weighted by Gasteiger charge is 2.24. The minimum atomic E-state index is -0.629. The predicted molar refractivity (Wildman–Crippen MR) is 135 cm³/mol. The van der Waals surface area contributed by atoms with Crippen LogP contribution in [0.5, 0.6) is 0 Å². The lowest BCUT2D eigenvalue weighted by molar-refractivity contribution is -0.122. The summed E-state index contributed by atoms with van der Waals surface area (Å²) < 4.78 is 0. The first kappa shape index (κ1) is 27.6. The third-order valence-corrected chi connectivity index (χ3v) is 6.73. The monoisotopic (exact) mass is 464 g/mol. The second-order valence-corrected chi connectivity index (χ2v) is 9.23. The Kier molecular flexibility index (Phi) is 13.7. The lowest BCUT2D eigenvalue weighted by Crippen LogP contribution is -2.24. The third kappa shape index (κ3) is 10.6. The van der Waals surface area contributed by atoms with Crippen LogP contribution in [0.2, 0.25) is 5.02 Å². The molecule has 0 aliphatic heterocycles. The smallest absolute Gasteiger partial charge is 0.133 e. The SMILES string of the molecule is C/C=C\C[C@@H](C(C)=O)[C@@H](/C=C/C(O)CCc1scc(/C=C\C=C/CC)c1Cl)CC(C)O. The fourth-order valence-electron chi connectivity index (χ4n) is 3.40. The molecule has 0 aromatic carbocycles. The molecule has 1 rings (SSSR count).